The molecule has 0 radical (unpaired) electrons. The van der Waals surface area contributed by atoms with E-state index in [1.54, 1.807) is 0 Å². The summed E-state index contributed by atoms with van der Waals surface area (Å²) in [4.78, 5) is 2.21. The highest BCUT2D eigenvalue weighted by molar-refractivity contribution is 6.30. The van der Waals surface area contributed by atoms with Crippen molar-refractivity contribution < 1.29 is 0 Å². The van der Waals surface area contributed by atoms with Crippen LogP contribution in [0.4, 0.5) is 0 Å². The zero-order chi connectivity index (χ0) is 12.5. The summed E-state index contributed by atoms with van der Waals surface area (Å²) in [6.07, 6.45) is 2.20. The molecule has 0 saturated heterocycles. The lowest BCUT2D eigenvalue weighted by Gasteiger charge is -2.25. The molecule has 90 valence electrons. The third kappa shape index (κ3) is 2.02. The minimum atomic E-state index is 0.775. The molecule has 3 rings (SSSR count). The van der Waals surface area contributed by atoms with Crippen LogP contribution in [0.25, 0.3) is 5.57 Å². The minimum Gasteiger partial charge on any atom is -0.376 e. The van der Waals surface area contributed by atoms with E-state index in [2.05, 4.69) is 54.5 Å². The summed E-state index contributed by atoms with van der Waals surface area (Å²) in [6.45, 7) is 0.966. The van der Waals surface area contributed by atoms with Crippen molar-refractivity contribution in [1.82, 2.24) is 4.90 Å². The van der Waals surface area contributed by atoms with Gasteiger partial charge >= 0.3 is 0 Å². The molecule has 0 N–H and O–H groups in total. The SMILES string of the molecule is CN1C=C(c2ccc(Cl)cc2)c2ccccc2C1. The molecule has 0 amide bonds. The van der Waals surface area contributed by atoms with Gasteiger partial charge in [-0.15, -0.1) is 0 Å². The van der Waals surface area contributed by atoms with Crippen molar-refractivity contribution in [3.8, 4) is 0 Å². The van der Waals surface area contributed by atoms with Gasteiger partial charge in [0, 0.05) is 30.4 Å². The van der Waals surface area contributed by atoms with E-state index in [9.17, 15) is 0 Å². The van der Waals surface area contributed by atoms with E-state index in [4.69, 9.17) is 11.6 Å². The van der Waals surface area contributed by atoms with Crippen LogP contribution in [0.2, 0.25) is 5.02 Å². The van der Waals surface area contributed by atoms with Crippen molar-refractivity contribution in [2.75, 3.05) is 7.05 Å². The maximum absolute atomic E-state index is 5.95. The quantitative estimate of drug-likeness (QED) is 0.739. The second kappa shape index (κ2) is 4.51. The zero-order valence-corrected chi connectivity index (χ0v) is 11.0. The minimum absolute atomic E-state index is 0.775. The van der Waals surface area contributed by atoms with Gasteiger partial charge in [-0.25, -0.2) is 0 Å². The third-order valence-electron chi connectivity index (χ3n) is 3.23. The Hall–Kier alpha value is -1.73. The first-order chi connectivity index (χ1) is 8.74. The molecule has 1 aliphatic heterocycles. The maximum Gasteiger partial charge on any atom is 0.0427 e. The molecule has 0 saturated carbocycles. The van der Waals surface area contributed by atoms with Gasteiger partial charge in [-0.3, -0.25) is 0 Å². The predicted molar refractivity (Wildman–Crippen MR) is 76.4 cm³/mol. The Bertz CT molecular complexity index is 599. The van der Waals surface area contributed by atoms with Crippen LogP contribution in [0.15, 0.2) is 54.7 Å². The predicted octanol–water partition coefficient (Wildman–Crippen LogP) is 4.17. The molecule has 0 spiro atoms. The molecule has 0 fully saturated rings. The Balaban J connectivity index is 2.13. The fraction of sp³-hybridized carbons (Fsp3) is 0.125. The molecule has 0 bridgehead atoms. The van der Waals surface area contributed by atoms with Gasteiger partial charge in [0.15, 0.2) is 0 Å². The molecule has 1 heterocycles. The Labute approximate surface area is 112 Å². The summed E-state index contributed by atoms with van der Waals surface area (Å²) < 4.78 is 0. The molecule has 0 atom stereocenters. The van der Waals surface area contributed by atoms with Gasteiger partial charge in [0.05, 0.1) is 0 Å². The standard InChI is InChI=1S/C16H14ClN/c1-18-10-13-4-2-3-5-15(13)16(11-18)12-6-8-14(17)9-7-12/h2-9,11H,10H2,1H3. The van der Waals surface area contributed by atoms with Crippen molar-refractivity contribution >= 4 is 17.2 Å². The first-order valence-electron chi connectivity index (χ1n) is 6.00. The summed E-state index contributed by atoms with van der Waals surface area (Å²) in [6, 6.07) is 16.6. The van der Waals surface area contributed by atoms with Crippen LogP contribution in [0.5, 0.6) is 0 Å². The van der Waals surface area contributed by atoms with Crippen molar-refractivity contribution in [2.45, 2.75) is 6.54 Å². The molecular formula is C16H14ClN. The van der Waals surface area contributed by atoms with E-state index in [0.717, 1.165) is 11.6 Å². The molecule has 2 aromatic carbocycles. The molecule has 0 unspecified atom stereocenters. The van der Waals surface area contributed by atoms with Crippen LogP contribution in [0.3, 0.4) is 0 Å². The molecule has 1 nitrogen and oxygen atoms in total. The second-order valence-electron chi connectivity index (χ2n) is 4.62. The van der Waals surface area contributed by atoms with Crippen LogP contribution in [0, 0.1) is 0 Å². The van der Waals surface area contributed by atoms with Gasteiger partial charge in [-0.05, 0) is 28.8 Å². The number of hydrogen-bond donors (Lipinski definition) is 0. The lowest BCUT2D eigenvalue weighted by Crippen LogP contribution is -2.17. The third-order valence-corrected chi connectivity index (χ3v) is 3.48. The summed E-state index contributed by atoms with van der Waals surface area (Å²) in [5, 5.41) is 0.775. The summed E-state index contributed by atoms with van der Waals surface area (Å²) in [5.41, 5.74) is 5.15. The topological polar surface area (TPSA) is 3.24 Å². The van der Waals surface area contributed by atoms with Gasteiger partial charge < -0.3 is 4.90 Å². The smallest absolute Gasteiger partial charge is 0.0427 e. The molecule has 2 heteroatoms. The van der Waals surface area contributed by atoms with Crippen molar-refractivity contribution in [3.05, 3.63) is 76.4 Å². The van der Waals surface area contributed by atoms with Crippen LogP contribution >= 0.6 is 11.6 Å². The number of benzene rings is 2. The van der Waals surface area contributed by atoms with Crippen molar-refractivity contribution in [1.29, 1.82) is 0 Å². The number of nitrogens with zero attached hydrogens (tertiary/aromatic N) is 1. The van der Waals surface area contributed by atoms with Gasteiger partial charge in [-0.1, -0.05) is 48.0 Å². The van der Waals surface area contributed by atoms with Gasteiger partial charge in [0.25, 0.3) is 0 Å². The monoisotopic (exact) mass is 255 g/mol. The molecular weight excluding hydrogens is 242 g/mol. The summed E-state index contributed by atoms with van der Waals surface area (Å²) in [5.74, 6) is 0. The second-order valence-corrected chi connectivity index (χ2v) is 5.06. The Morgan fingerprint density at radius 2 is 1.72 bits per heavy atom. The highest BCUT2D eigenvalue weighted by Gasteiger charge is 2.15. The first kappa shape index (κ1) is 11.4. The van der Waals surface area contributed by atoms with Crippen molar-refractivity contribution in [2.24, 2.45) is 0 Å². The number of fused-ring (bicyclic) bond motifs is 1. The number of halogens is 1. The lowest BCUT2D eigenvalue weighted by molar-refractivity contribution is 0.446. The van der Waals surface area contributed by atoms with Crippen molar-refractivity contribution in [3.63, 3.8) is 0 Å². The Morgan fingerprint density at radius 1 is 1.00 bits per heavy atom. The van der Waals surface area contributed by atoms with E-state index in [-0.39, 0.29) is 0 Å². The van der Waals surface area contributed by atoms with E-state index >= 15 is 0 Å². The lowest BCUT2D eigenvalue weighted by atomic mass is 9.92. The van der Waals surface area contributed by atoms with Gasteiger partial charge in [-0.2, -0.15) is 0 Å². The Kier molecular flexibility index (Phi) is 2.85. The molecule has 1 aliphatic rings. The fourth-order valence-corrected chi connectivity index (χ4v) is 2.51. The van der Waals surface area contributed by atoms with Crippen LogP contribution < -0.4 is 0 Å². The number of hydrogen-bond acceptors (Lipinski definition) is 1. The largest absolute Gasteiger partial charge is 0.376 e. The number of rotatable bonds is 1. The van der Waals surface area contributed by atoms with Gasteiger partial charge in [0.2, 0.25) is 0 Å². The first-order valence-corrected chi connectivity index (χ1v) is 6.38. The average Bonchev–Trinajstić information content (AvgIpc) is 2.38. The average molecular weight is 256 g/mol. The normalized spacial score (nSPS) is 14.1. The van der Waals surface area contributed by atoms with Crippen LogP contribution in [0.1, 0.15) is 16.7 Å². The molecule has 18 heavy (non-hydrogen) atoms. The van der Waals surface area contributed by atoms with E-state index in [0.29, 0.717) is 0 Å². The van der Waals surface area contributed by atoms with Gasteiger partial charge in [0.1, 0.15) is 0 Å². The van der Waals surface area contributed by atoms with E-state index in [1.165, 1.54) is 22.3 Å². The highest BCUT2D eigenvalue weighted by atomic mass is 35.5. The van der Waals surface area contributed by atoms with Crippen LogP contribution in [-0.4, -0.2) is 11.9 Å². The molecule has 2 aromatic rings. The molecule has 0 aliphatic carbocycles. The highest BCUT2D eigenvalue weighted by Crippen LogP contribution is 2.31. The van der Waals surface area contributed by atoms with E-state index in [1.807, 2.05) is 12.1 Å². The van der Waals surface area contributed by atoms with Crippen LogP contribution in [-0.2, 0) is 6.54 Å². The zero-order valence-electron chi connectivity index (χ0n) is 10.2. The van der Waals surface area contributed by atoms with E-state index < -0.39 is 0 Å². The maximum atomic E-state index is 5.95. The fourth-order valence-electron chi connectivity index (χ4n) is 2.38. The Morgan fingerprint density at radius 3 is 2.50 bits per heavy atom. The molecule has 0 aromatic heterocycles. The summed E-state index contributed by atoms with van der Waals surface area (Å²) >= 11 is 5.95. The summed E-state index contributed by atoms with van der Waals surface area (Å²) in [7, 11) is 2.10.